The molecular formula is C19H36O4. The minimum absolute atomic E-state index is 0.0226. The van der Waals surface area contributed by atoms with Gasteiger partial charge >= 0.3 is 0 Å². The van der Waals surface area contributed by atoms with Crippen LogP contribution in [-0.4, -0.2) is 51.3 Å². The Bertz CT molecular complexity index is 322. The average Bonchev–Trinajstić information content (AvgIpc) is 2.53. The summed E-state index contributed by atoms with van der Waals surface area (Å²) in [5, 5.41) is 0. The van der Waals surface area contributed by atoms with Gasteiger partial charge in [-0.3, -0.25) is 0 Å². The predicted octanol–water partition coefficient (Wildman–Crippen LogP) is 3.82. The number of methoxy groups -OCH3 is 1. The lowest BCUT2D eigenvalue weighted by atomic mass is 9.83. The summed E-state index contributed by atoms with van der Waals surface area (Å²) in [6.07, 6.45) is 7.55. The van der Waals surface area contributed by atoms with Gasteiger partial charge in [-0.25, -0.2) is 0 Å². The van der Waals surface area contributed by atoms with Crippen molar-refractivity contribution in [1.29, 1.82) is 0 Å². The summed E-state index contributed by atoms with van der Waals surface area (Å²) in [5.41, 5.74) is 0. The van der Waals surface area contributed by atoms with Crippen LogP contribution < -0.4 is 0 Å². The highest BCUT2D eigenvalue weighted by atomic mass is 16.6. The normalized spacial score (nSPS) is 38.6. The Morgan fingerprint density at radius 1 is 1.09 bits per heavy atom. The standard InChI is InChI=1S/C19H36O4/c1-5-9-21-13-18-19(20-4)17(11-15(3)23-18)22-12-16-8-6-7-14(2)10-16/h14-19H,5-13H2,1-4H3/t14?,15?,16?,17?,18?,19-/m0/s1. The van der Waals surface area contributed by atoms with Crippen LogP contribution in [0.1, 0.15) is 59.3 Å². The van der Waals surface area contributed by atoms with Crippen molar-refractivity contribution in [2.75, 3.05) is 26.9 Å². The SMILES string of the molecule is CCCOCC1OC(C)CC(OCC2CCCC(C)C2)[C@@H]1OC. The molecule has 4 nitrogen and oxygen atoms in total. The van der Waals surface area contributed by atoms with E-state index in [9.17, 15) is 0 Å². The molecular weight excluding hydrogens is 292 g/mol. The van der Waals surface area contributed by atoms with Crippen molar-refractivity contribution in [1.82, 2.24) is 0 Å². The Morgan fingerprint density at radius 2 is 1.91 bits per heavy atom. The molecule has 0 bridgehead atoms. The van der Waals surface area contributed by atoms with E-state index in [1.165, 1.54) is 25.7 Å². The zero-order valence-corrected chi connectivity index (χ0v) is 15.5. The molecule has 0 aromatic heterocycles. The van der Waals surface area contributed by atoms with Gasteiger partial charge in [-0.1, -0.05) is 26.7 Å². The molecule has 0 aromatic rings. The first-order valence-corrected chi connectivity index (χ1v) is 9.51. The molecule has 0 radical (unpaired) electrons. The summed E-state index contributed by atoms with van der Waals surface area (Å²) in [5.74, 6) is 1.56. The minimum Gasteiger partial charge on any atom is -0.379 e. The number of ether oxygens (including phenoxy) is 4. The Hall–Kier alpha value is -0.160. The largest absolute Gasteiger partial charge is 0.379 e. The molecule has 6 atom stereocenters. The molecule has 1 saturated heterocycles. The van der Waals surface area contributed by atoms with Gasteiger partial charge in [0.1, 0.15) is 12.2 Å². The lowest BCUT2D eigenvalue weighted by Gasteiger charge is -2.40. The number of hydrogen-bond donors (Lipinski definition) is 0. The fraction of sp³-hybridized carbons (Fsp3) is 1.00. The Labute approximate surface area is 142 Å². The van der Waals surface area contributed by atoms with Gasteiger partial charge in [0.15, 0.2) is 0 Å². The van der Waals surface area contributed by atoms with Crippen molar-refractivity contribution in [2.45, 2.75) is 83.7 Å². The lowest BCUT2D eigenvalue weighted by Crippen LogP contribution is -2.52. The van der Waals surface area contributed by atoms with Gasteiger partial charge in [0, 0.05) is 26.7 Å². The van der Waals surface area contributed by atoms with Gasteiger partial charge in [-0.2, -0.15) is 0 Å². The predicted molar refractivity (Wildman–Crippen MR) is 91.7 cm³/mol. The maximum absolute atomic E-state index is 6.32. The second-order valence-electron chi connectivity index (χ2n) is 7.51. The third kappa shape index (κ3) is 6.00. The highest BCUT2D eigenvalue weighted by molar-refractivity contribution is 4.87. The molecule has 0 spiro atoms. The average molecular weight is 328 g/mol. The fourth-order valence-corrected chi connectivity index (χ4v) is 4.05. The topological polar surface area (TPSA) is 36.9 Å². The van der Waals surface area contributed by atoms with E-state index in [2.05, 4.69) is 20.8 Å². The van der Waals surface area contributed by atoms with E-state index in [1.807, 2.05) is 0 Å². The monoisotopic (exact) mass is 328 g/mol. The molecule has 136 valence electrons. The molecule has 2 aliphatic rings. The Balaban J connectivity index is 1.84. The number of rotatable bonds is 8. The third-order valence-corrected chi connectivity index (χ3v) is 5.20. The lowest BCUT2D eigenvalue weighted by molar-refractivity contribution is -0.205. The summed E-state index contributed by atoms with van der Waals surface area (Å²) >= 11 is 0. The van der Waals surface area contributed by atoms with Crippen LogP contribution in [0.25, 0.3) is 0 Å². The third-order valence-electron chi connectivity index (χ3n) is 5.20. The van der Waals surface area contributed by atoms with E-state index >= 15 is 0 Å². The van der Waals surface area contributed by atoms with E-state index < -0.39 is 0 Å². The molecule has 23 heavy (non-hydrogen) atoms. The van der Waals surface area contributed by atoms with Crippen LogP contribution in [-0.2, 0) is 18.9 Å². The second-order valence-corrected chi connectivity index (χ2v) is 7.51. The molecule has 4 heteroatoms. The van der Waals surface area contributed by atoms with E-state index in [1.54, 1.807) is 7.11 Å². The van der Waals surface area contributed by atoms with Crippen molar-refractivity contribution in [3.05, 3.63) is 0 Å². The fourth-order valence-electron chi connectivity index (χ4n) is 4.05. The molecule has 1 saturated carbocycles. The van der Waals surface area contributed by atoms with Crippen LogP contribution >= 0.6 is 0 Å². The molecule has 1 heterocycles. The first-order chi connectivity index (χ1) is 11.1. The maximum Gasteiger partial charge on any atom is 0.112 e. The van der Waals surface area contributed by atoms with Crippen LogP contribution in [0.15, 0.2) is 0 Å². The molecule has 0 N–H and O–H groups in total. The summed E-state index contributed by atoms with van der Waals surface area (Å²) in [6.45, 7) is 8.84. The smallest absolute Gasteiger partial charge is 0.112 e. The van der Waals surface area contributed by atoms with E-state index in [-0.39, 0.29) is 24.4 Å². The van der Waals surface area contributed by atoms with Crippen LogP contribution in [0.2, 0.25) is 0 Å². The Kier molecular flexibility index (Phi) is 8.31. The minimum atomic E-state index is -0.0240. The first kappa shape index (κ1) is 19.2. The molecule has 2 fully saturated rings. The first-order valence-electron chi connectivity index (χ1n) is 9.51. The highest BCUT2D eigenvalue weighted by Gasteiger charge is 2.38. The molecule has 1 aliphatic heterocycles. The summed E-state index contributed by atoms with van der Waals surface area (Å²) in [7, 11) is 1.76. The quantitative estimate of drug-likeness (QED) is 0.635. The van der Waals surface area contributed by atoms with Crippen molar-refractivity contribution < 1.29 is 18.9 Å². The summed E-state index contributed by atoms with van der Waals surface area (Å²) < 4.78 is 23.8. The second kappa shape index (κ2) is 9.97. The zero-order valence-electron chi connectivity index (χ0n) is 15.5. The van der Waals surface area contributed by atoms with Crippen LogP contribution in [0.5, 0.6) is 0 Å². The van der Waals surface area contributed by atoms with E-state index in [0.717, 1.165) is 32.0 Å². The van der Waals surface area contributed by atoms with Crippen molar-refractivity contribution >= 4 is 0 Å². The van der Waals surface area contributed by atoms with Crippen molar-refractivity contribution in [3.63, 3.8) is 0 Å². The zero-order chi connectivity index (χ0) is 16.7. The summed E-state index contributed by atoms with van der Waals surface area (Å²) in [6, 6.07) is 0. The maximum atomic E-state index is 6.32. The number of hydrogen-bond acceptors (Lipinski definition) is 4. The highest BCUT2D eigenvalue weighted by Crippen LogP contribution is 2.31. The molecule has 5 unspecified atom stereocenters. The van der Waals surface area contributed by atoms with Crippen LogP contribution in [0.3, 0.4) is 0 Å². The van der Waals surface area contributed by atoms with E-state index in [4.69, 9.17) is 18.9 Å². The van der Waals surface area contributed by atoms with E-state index in [0.29, 0.717) is 12.5 Å². The van der Waals surface area contributed by atoms with Gasteiger partial charge in [0.2, 0.25) is 0 Å². The van der Waals surface area contributed by atoms with Gasteiger partial charge in [0.05, 0.1) is 18.8 Å². The summed E-state index contributed by atoms with van der Waals surface area (Å²) in [4.78, 5) is 0. The van der Waals surface area contributed by atoms with Crippen LogP contribution in [0.4, 0.5) is 0 Å². The van der Waals surface area contributed by atoms with Gasteiger partial charge < -0.3 is 18.9 Å². The van der Waals surface area contributed by atoms with Gasteiger partial charge in [0.25, 0.3) is 0 Å². The Morgan fingerprint density at radius 3 is 2.61 bits per heavy atom. The van der Waals surface area contributed by atoms with Gasteiger partial charge in [-0.05, 0) is 38.0 Å². The molecule has 0 amide bonds. The van der Waals surface area contributed by atoms with Crippen molar-refractivity contribution in [3.8, 4) is 0 Å². The van der Waals surface area contributed by atoms with Crippen molar-refractivity contribution in [2.24, 2.45) is 11.8 Å². The van der Waals surface area contributed by atoms with Crippen LogP contribution in [0, 0.1) is 11.8 Å². The molecule has 2 rings (SSSR count). The molecule has 1 aliphatic carbocycles. The van der Waals surface area contributed by atoms with Gasteiger partial charge in [-0.15, -0.1) is 0 Å². The molecule has 0 aromatic carbocycles.